The van der Waals surface area contributed by atoms with Crippen LogP contribution < -0.4 is 11.5 Å². The molecule has 0 saturated heterocycles. The van der Waals surface area contributed by atoms with Crippen molar-refractivity contribution in [3.63, 3.8) is 0 Å². The highest BCUT2D eigenvalue weighted by atomic mass is 16.4. The molecule has 74 valence electrons. The number of hydrogen-bond donors (Lipinski definition) is 3. The van der Waals surface area contributed by atoms with Gasteiger partial charge in [-0.05, 0) is 24.6 Å². The lowest BCUT2D eigenvalue weighted by atomic mass is 10.1. The molecule has 0 amide bonds. The normalized spacial score (nSPS) is 9.50. The van der Waals surface area contributed by atoms with Gasteiger partial charge in [0.25, 0.3) is 0 Å². The fourth-order valence-corrected chi connectivity index (χ4v) is 1.05. The van der Waals surface area contributed by atoms with Crippen LogP contribution in [0.25, 0.3) is 0 Å². The summed E-state index contributed by atoms with van der Waals surface area (Å²) in [6.07, 6.45) is 0. The maximum Gasteiger partial charge on any atom is 0.337 e. The molecule has 14 heavy (non-hydrogen) atoms. The first-order valence-electron chi connectivity index (χ1n) is 3.94. The lowest BCUT2D eigenvalue weighted by Gasteiger charge is -2.02. The molecule has 0 heterocycles. The highest BCUT2D eigenvalue weighted by molar-refractivity contribution is 5.95. The standard InChI is InChI=1S/C9H11N3O2/c1-5-2-3-6(8(13)14)7(4-5)12-9(10)11/h2-4H,1H3,(H,13,14)(H4,10,11,12). The maximum absolute atomic E-state index is 10.8. The van der Waals surface area contributed by atoms with Gasteiger partial charge in [0.05, 0.1) is 11.3 Å². The van der Waals surface area contributed by atoms with E-state index < -0.39 is 5.97 Å². The van der Waals surface area contributed by atoms with E-state index in [1.54, 1.807) is 12.1 Å². The summed E-state index contributed by atoms with van der Waals surface area (Å²) in [6.45, 7) is 1.83. The molecule has 0 aromatic heterocycles. The first kappa shape index (κ1) is 10.0. The number of hydrogen-bond acceptors (Lipinski definition) is 2. The fraction of sp³-hybridized carbons (Fsp3) is 0.111. The highest BCUT2D eigenvalue weighted by Gasteiger charge is 2.08. The van der Waals surface area contributed by atoms with Crippen molar-refractivity contribution in [3.05, 3.63) is 29.3 Å². The van der Waals surface area contributed by atoms with Crippen LogP contribution in [-0.4, -0.2) is 17.0 Å². The van der Waals surface area contributed by atoms with Gasteiger partial charge in [-0.3, -0.25) is 0 Å². The molecule has 0 bridgehead atoms. The quantitative estimate of drug-likeness (QED) is 0.472. The predicted molar refractivity (Wildman–Crippen MR) is 53.6 cm³/mol. The van der Waals surface area contributed by atoms with E-state index in [2.05, 4.69) is 4.99 Å². The molecule has 0 radical (unpaired) electrons. The topological polar surface area (TPSA) is 102 Å². The number of aromatic carboxylic acids is 1. The number of carbonyl (C=O) groups is 1. The van der Waals surface area contributed by atoms with E-state index in [0.29, 0.717) is 0 Å². The van der Waals surface area contributed by atoms with Gasteiger partial charge in [-0.25, -0.2) is 9.79 Å². The van der Waals surface area contributed by atoms with Crippen molar-refractivity contribution in [1.29, 1.82) is 0 Å². The number of guanidine groups is 1. The van der Waals surface area contributed by atoms with Gasteiger partial charge in [0.15, 0.2) is 5.96 Å². The largest absolute Gasteiger partial charge is 0.478 e. The van der Waals surface area contributed by atoms with Crippen molar-refractivity contribution in [2.24, 2.45) is 16.5 Å². The average Bonchev–Trinajstić information content (AvgIpc) is 2.01. The van der Waals surface area contributed by atoms with Crippen LogP contribution >= 0.6 is 0 Å². The van der Waals surface area contributed by atoms with Crippen LogP contribution in [-0.2, 0) is 0 Å². The number of nitrogens with zero attached hydrogens (tertiary/aromatic N) is 1. The smallest absolute Gasteiger partial charge is 0.337 e. The summed E-state index contributed by atoms with van der Waals surface area (Å²) in [5.41, 5.74) is 11.6. The third-order valence-electron chi connectivity index (χ3n) is 1.63. The molecule has 0 saturated carbocycles. The zero-order chi connectivity index (χ0) is 10.7. The Balaban J connectivity index is 3.30. The van der Waals surface area contributed by atoms with Gasteiger partial charge in [-0.15, -0.1) is 0 Å². The van der Waals surface area contributed by atoms with Crippen LogP contribution in [0.4, 0.5) is 5.69 Å². The number of benzene rings is 1. The molecule has 5 heteroatoms. The van der Waals surface area contributed by atoms with Crippen molar-refractivity contribution in [1.82, 2.24) is 0 Å². The Morgan fingerprint density at radius 1 is 1.43 bits per heavy atom. The van der Waals surface area contributed by atoms with Gasteiger partial charge in [0, 0.05) is 0 Å². The summed E-state index contributed by atoms with van der Waals surface area (Å²) in [4.78, 5) is 14.5. The first-order valence-corrected chi connectivity index (χ1v) is 3.94. The van der Waals surface area contributed by atoms with Crippen LogP contribution in [0, 0.1) is 6.92 Å². The van der Waals surface area contributed by atoms with Crippen molar-refractivity contribution in [3.8, 4) is 0 Å². The number of rotatable bonds is 2. The van der Waals surface area contributed by atoms with Gasteiger partial charge in [-0.2, -0.15) is 0 Å². The Bertz CT molecular complexity index is 395. The first-order chi connectivity index (χ1) is 6.50. The Hall–Kier alpha value is -2.04. The Labute approximate surface area is 81.1 Å². The second-order valence-corrected chi connectivity index (χ2v) is 2.86. The minimum Gasteiger partial charge on any atom is -0.478 e. The molecule has 0 aliphatic carbocycles. The minimum absolute atomic E-state index is 0.0870. The number of aliphatic imine (C=N–C) groups is 1. The third kappa shape index (κ3) is 2.22. The lowest BCUT2D eigenvalue weighted by Crippen LogP contribution is -2.22. The van der Waals surface area contributed by atoms with E-state index in [-0.39, 0.29) is 17.2 Å². The molecular weight excluding hydrogens is 182 g/mol. The molecule has 0 unspecified atom stereocenters. The van der Waals surface area contributed by atoms with Crippen molar-refractivity contribution in [2.75, 3.05) is 0 Å². The number of aryl methyl sites for hydroxylation is 1. The van der Waals surface area contributed by atoms with Gasteiger partial charge >= 0.3 is 5.97 Å². The van der Waals surface area contributed by atoms with E-state index in [4.69, 9.17) is 16.6 Å². The van der Waals surface area contributed by atoms with Crippen LogP contribution in [0.5, 0.6) is 0 Å². The van der Waals surface area contributed by atoms with Crippen LogP contribution in [0.3, 0.4) is 0 Å². The summed E-state index contributed by atoms with van der Waals surface area (Å²) in [7, 11) is 0. The summed E-state index contributed by atoms with van der Waals surface area (Å²) >= 11 is 0. The van der Waals surface area contributed by atoms with Crippen molar-refractivity contribution < 1.29 is 9.90 Å². The number of carboxylic acids is 1. The van der Waals surface area contributed by atoms with Crippen molar-refractivity contribution in [2.45, 2.75) is 6.92 Å². The van der Waals surface area contributed by atoms with Gasteiger partial charge in [0.1, 0.15) is 0 Å². The summed E-state index contributed by atoms with van der Waals surface area (Å²) in [6, 6.07) is 4.78. The fourth-order valence-electron chi connectivity index (χ4n) is 1.05. The van der Waals surface area contributed by atoms with E-state index >= 15 is 0 Å². The molecule has 0 fully saturated rings. The SMILES string of the molecule is Cc1ccc(C(=O)O)c(N=C(N)N)c1. The highest BCUT2D eigenvalue weighted by Crippen LogP contribution is 2.20. The van der Waals surface area contributed by atoms with Gasteiger partial charge in [-0.1, -0.05) is 6.07 Å². The molecule has 0 aliphatic rings. The Morgan fingerprint density at radius 2 is 2.07 bits per heavy atom. The molecule has 5 N–H and O–H groups in total. The van der Waals surface area contributed by atoms with E-state index in [1.165, 1.54) is 6.07 Å². The molecule has 5 nitrogen and oxygen atoms in total. The van der Waals surface area contributed by atoms with Crippen molar-refractivity contribution >= 4 is 17.6 Å². The van der Waals surface area contributed by atoms with Gasteiger partial charge < -0.3 is 16.6 Å². The van der Waals surface area contributed by atoms with E-state index in [9.17, 15) is 4.79 Å². The average molecular weight is 193 g/mol. The summed E-state index contributed by atoms with van der Waals surface area (Å²) in [5.74, 6) is -1.21. The minimum atomic E-state index is -1.05. The molecule has 0 atom stereocenters. The molecule has 1 aromatic carbocycles. The lowest BCUT2D eigenvalue weighted by molar-refractivity contribution is 0.0698. The number of nitrogens with two attached hydrogens (primary N) is 2. The summed E-state index contributed by atoms with van der Waals surface area (Å²) in [5, 5.41) is 8.82. The second-order valence-electron chi connectivity index (χ2n) is 2.86. The predicted octanol–water partition coefficient (Wildman–Crippen LogP) is 0.598. The Morgan fingerprint density at radius 3 is 2.57 bits per heavy atom. The van der Waals surface area contributed by atoms with Crippen LogP contribution in [0.15, 0.2) is 23.2 Å². The summed E-state index contributed by atoms with van der Waals surface area (Å²) < 4.78 is 0. The van der Waals surface area contributed by atoms with E-state index in [1.807, 2.05) is 6.92 Å². The zero-order valence-corrected chi connectivity index (χ0v) is 7.69. The molecular formula is C9H11N3O2. The van der Waals surface area contributed by atoms with Gasteiger partial charge in [0.2, 0.25) is 0 Å². The Kier molecular flexibility index (Phi) is 2.71. The third-order valence-corrected chi connectivity index (χ3v) is 1.63. The van der Waals surface area contributed by atoms with Crippen LogP contribution in [0.1, 0.15) is 15.9 Å². The number of carboxylic acid groups (broad SMARTS) is 1. The maximum atomic E-state index is 10.8. The molecule has 0 aliphatic heterocycles. The second kappa shape index (κ2) is 3.78. The molecule has 1 aromatic rings. The molecule has 1 rings (SSSR count). The zero-order valence-electron chi connectivity index (χ0n) is 7.69. The monoisotopic (exact) mass is 193 g/mol. The van der Waals surface area contributed by atoms with E-state index in [0.717, 1.165) is 5.56 Å². The van der Waals surface area contributed by atoms with Crippen LogP contribution in [0.2, 0.25) is 0 Å². The molecule has 0 spiro atoms.